The van der Waals surface area contributed by atoms with Gasteiger partial charge in [-0.1, -0.05) is 12.2 Å². The molecule has 0 aromatic carbocycles. The van der Waals surface area contributed by atoms with Gasteiger partial charge in [0.05, 0.1) is 5.88 Å². The van der Waals surface area contributed by atoms with Crippen LogP contribution in [-0.4, -0.2) is 10.6 Å². The quantitative estimate of drug-likeness (QED) is 0.183. The van der Waals surface area contributed by atoms with E-state index in [9.17, 15) is 0 Å². The van der Waals surface area contributed by atoms with Crippen molar-refractivity contribution in [1.82, 2.24) is 5.43 Å². The zero-order valence-electron chi connectivity index (χ0n) is 3.18. The highest BCUT2D eigenvalue weighted by atomic mass is 32.2. The number of hydrogen-bond acceptors (Lipinski definition) is 4. The molecule has 0 unspecified atom stereocenters. The van der Waals surface area contributed by atoms with Gasteiger partial charge < -0.3 is 0 Å². The summed E-state index contributed by atoms with van der Waals surface area (Å²) in [6.45, 7) is 0. The van der Waals surface area contributed by atoms with Crippen LogP contribution in [0.25, 0.3) is 0 Å². The molecule has 0 atom stereocenters. The average molecular weight is 122 g/mol. The maximum Gasteiger partial charge on any atom is 0.0604 e. The minimum atomic E-state index is 0.698. The van der Waals surface area contributed by atoms with Gasteiger partial charge in [-0.15, -0.1) is 11.8 Å². The van der Waals surface area contributed by atoms with Crippen LogP contribution in [0.4, 0.5) is 0 Å². The van der Waals surface area contributed by atoms with Gasteiger partial charge in [-0.25, -0.2) is 0 Å². The van der Waals surface area contributed by atoms with Gasteiger partial charge in [0, 0.05) is 4.70 Å². The van der Waals surface area contributed by atoms with E-state index in [2.05, 4.69) is 17.6 Å². The molecular formula is C2H6N2S2. The summed E-state index contributed by atoms with van der Waals surface area (Å²) in [7, 11) is 0. The van der Waals surface area contributed by atoms with Crippen molar-refractivity contribution in [3.05, 3.63) is 0 Å². The third-order valence-corrected chi connectivity index (χ3v) is 1.11. The summed E-state index contributed by atoms with van der Waals surface area (Å²) in [6, 6.07) is 0. The molecule has 2 nitrogen and oxygen atoms in total. The van der Waals surface area contributed by atoms with Crippen LogP contribution >= 0.6 is 24.0 Å². The molecule has 3 N–H and O–H groups in total. The van der Waals surface area contributed by atoms with Crippen LogP contribution in [0.15, 0.2) is 0 Å². The van der Waals surface area contributed by atoms with Gasteiger partial charge in [-0.3, -0.25) is 11.3 Å². The maximum atomic E-state index is 4.88. The summed E-state index contributed by atoms with van der Waals surface area (Å²) < 4.78 is 1.57. The summed E-state index contributed by atoms with van der Waals surface area (Å²) in [6.07, 6.45) is 0. The van der Waals surface area contributed by atoms with Crippen LogP contribution < -0.4 is 11.3 Å². The van der Waals surface area contributed by atoms with Gasteiger partial charge in [0.2, 0.25) is 0 Å². The van der Waals surface area contributed by atoms with Gasteiger partial charge >= 0.3 is 0 Å². The van der Waals surface area contributed by atoms with Crippen LogP contribution in [0.1, 0.15) is 0 Å². The summed E-state index contributed by atoms with van der Waals surface area (Å²) in [4.78, 5) is 0. The van der Waals surface area contributed by atoms with Crippen molar-refractivity contribution < 1.29 is 0 Å². The number of nitrogens with one attached hydrogen (secondary N) is 1. The molecule has 0 aliphatic rings. The lowest BCUT2D eigenvalue weighted by Gasteiger charge is -1.85. The Morgan fingerprint density at radius 3 is 2.83 bits per heavy atom. The first-order valence-corrected chi connectivity index (χ1v) is 2.92. The molecule has 0 saturated heterocycles. The largest absolute Gasteiger partial charge is 0.271 e. The summed E-state index contributed by atoms with van der Waals surface area (Å²) in [5.41, 5.74) is 2.43. The molecule has 6 heavy (non-hydrogen) atoms. The Bertz CT molecular complexity index is 38.5. The van der Waals surface area contributed by atoms with Crippen LogP contribution in [-0.2, 0) is 0 Å². The first-order valence-electron chi connectivity index (χ1n) is 1.40. The van der Waals surface area contributed by atoms with E-state index in [1.54, 1.807) is 4.70 Å². The third-order valence-electron chi connectivity index (χ3n) is 0.235. The molecule has 0 rings (SSSR count). The van der Waals surface area contributed by atoms with Gasteiger partial charge in [-0.2, -0.15) is 0 Å². The first kappa shape index (κ1) is 6.36. The fraction of sp³-hybridized carbons (Fsp3) is 0.500. The molecule has 0 aliphatic heterocycles. The maximum absolute atomic E-state index is 4.88. The molecular weight excluding hydrogens is 116 g/mol. The lowest BCUT2D eigenvalue weighted by Crippen LogP contribution is -2.20. The third kappa shape index (κ3) is 4.36. The van der Waals surface area contributed by atoms with Crippen molar-refractivity contribution in [3.63, 3.8) is 0 Å². The summed E-state index contributed by atoms with van der Waals surface area (Å²) >= 11 is 5.92. The second kappa shape index (κ2) is 5.36. The predicted octanol–water partition coefficient (Wildman–Crippen LogP) is 0.0976. The Kier molecular flexibility index (Phi) is 5.68. The van der Waals surface area contributed by atoms with E-state index in [1.165, 1.54) is 11.8 Å². The predicted molar refractivity (Wildman–Crippen MR) is 33.4 cm³/mol. The molecule has 0 amide bonds. The number of rotatable bonds is 3. The molecule has 4 heteroatoms. The van der Waals surface area contributed by atoms with Crippen molar-refractivity contribution in [1.29, 1.82) is 0 Å². The number of thiocarbonyl (C=S) groups is 1. The van der Waals surface area contributed by atoms with E-state index >= 15 is 0 Å². The lowest BCUT2D eigenvalue weighted by atomic mass is 11.5. The van der Waals surface area contributed by atoms with Crippen molar-refractivity contribution in [3.8, 4) is 0 Å². The molecule has 0 fully saturated rings. The zero-order chi connectivity index (χ0) is 4.83. The van der Waals surface area contributed by atoms with Gasteiger partial charge in [-0.05, 0) is 0 Å². The number of thioether (sulfide) groups is 1. The van der Waals surface area contributed by atoms with E-state index in [0.717, 1.165) is 0 Å². The first-order chi connectivity index (χ1) is 2.91. The number of hydrazine groups is 1. The van der Waals surface area contributed by atoms with Crippen LogP contribution in [0.5, 0.6) is 0 Å². The van der Waals surface area contributed by atoms with Gasteiger partial charge in [0.1, 0.15) is 0 Å². The molecule has 36 valence electrons. The van der Waals surface area contributed by atoms with E-state index in [4.69, 9.17) is 5.84 Å². The van der Waals surface area contributed by atoms with E-state index in [0.29, 0.717) is 5.88 Å². The van der Waals surface area contributed by atoms with Gasteiger partial charge in [0.15, 0.2) is 0 Å². The Morgan fingerprint density at radius 1 is 2.00 bits per heavy atom. The zero-order valence-corrected chi connectivity index (χ0v) is 4.81. The average Bonchev–Trinajstić information content (AvgIpc) is 1.61. The normalized spacial score (nSPS) is 8.17. The second-order valence-corrected chi connectivity index (χ2v) is 2.00. The monoisotopic (exact) mass is 122 g/mol. The molecule has 0 saturated carbocycles. The van der Waals surface area contributed by atoms with Crippen molar-refractivity contribution in [2.24, 2.45) is 5.84 Å². The highest BCUT2D eigenvalue weighted by Gasteiger charge is 1.69. The highest BCUT2D eigenvalue weighted by molar-refractivity contribution is 8.20. The Hall–Kier alpha value is 0.360. The minimum absolute atomic E-state index is 0.698. The molecule has 0 spiro atoms. The Morgan fingerprint density at radius 2 is 2.67 bits per heavy atom. The minimum Gasteiger partial charge on any atom is -0.271 e. The molecule has 0 radical (unpaired) electrons. The lowest BCUT2D eigenvalue weighted by molar-refractivity contribution is 0.874. The summed E-state index contributed by atoms with van der Waals surface area (Å²) in [5, 5.41) is 0. The van der Waals surface area contributed by atoms with Crippen molar-refractivity contribution in [2.75, 3.05) is 5.88 Å². The topological polar surface area (TPSA) is 38.0 Å². The number of nitrogens with two attached hydrogens (primary N) is 1. The van der Waals surface area contributed by atoms with Gasteiger partial charge in [0.25, 0.3) is 0 Å². The van der Waals surface area contributed by atoms with Crippen LogP contribution in [0, 0.1) is 0 Å². The van der Waals surface area contributed by atoms with E-state index in [-0.39, 0.29) is 0 Å². The highest BCUT2D eigenvalue weighted by Crippen LogP contribution is 1.86. The SMILES string of the molecule is NNCSC=S. The number of hydrogen-bond donors (Lipinski definition) is 2. The smallest absolute Gasteiger partial charge is 0.0604 e. The second-order valence-electron chi connectivity index (χ2n) is 0.611. The Balaban J connectivity index is 2.49. The van der Waals surface area contributed by atoms with Crippen LogP contribution in [0.3, 0.4) is 0 Å². The van der Waals surface area contributed by atoms with Crippen molar-refractivity contribution >= 4 is 28.7 Å². The Labute approximate surface area is 46.4 Å². The van der Waals surface area contributed by atoms with E-state index in [1.807, 2.05) is 0 Å². The standard InChI is InChI=1S/C2H6N2S2/c3-4-1-6-2-5/h2,4H,1,3H2. The van der Waals surface area contributed by atoms with Crippen molar-refractivity contribution in [2.45, 2.75) is 0 Å². The molecule has 0 aromatic rings. The molecule has 0 aromatic heterocycles. The van der Waals surface area contributed by atoms with E-state index < -0.39 is 0 Å². The van der Waals surface area contributed by atoms with Crippen LogP contribution in [0.2, 0.25) is 0 Å². The molecule has 0 aliphatic carbocycles. The fourth-order valence-corrected chi connectivity index (χ4v) is 0.451. The fourth-order valence-electron chi connectivity index (χ4n) is 0.0821. The summed E-state index contributed by atoms with van der Waals surface area (Å²) in [5.74, 6) is 5.58. The molecule has 0 heterocycles. The molecule has 0 bridgehead atoms.